The fourth-order valence-electron chi connectivity index (χ4n) is 2.96. The van der Waals surface area contributed by atoms with Gasteiger partial charge in [-0.05, 0) is 36.9 Å². The van der Waals surface area contributed by atoms with Crippen molar-refractivity contribution in [3.8, 4) is 0 Å². The Balaban J connectivity index is 1.52. The highest BCUT2D eigenvalue weighted by Crippen LogP contribution is 2.13. The van der Waals surface area contributed by atoms with E-state index in [0.29, 0.717) is 24.0 Å². The molecule has 1 heterocycles. The molecule has 2 aromatic carbocycles. The van der Waals surface area contributed by atoms with E-state index in [1.807, 2.05) is 43.3 Å². The molecule has 0 unspecified atom stereocenters. The van der Waals surface area contributed by atoms with Gasteiger partial charge in [-0.25, -0.2) is 0 Å². The van der Waals surface area contributed by atoms with Gasteiger partial charge in [-0.15, -0.1) is 0 Å². The van der Waals surface area contributed by atoms with E-state index in [1.165, 1.54) is 0 Å². The van der Waals surface area contributed by atoms with Crippen LogP contribution in [0.4, 0.5) is 0 Å². The summed E-state index contributed by atoms with van der Waals surface area (Å²) in [4.78, 5) is 39.0. The molecule has 0 fully saturated rings. The van der Waals surface area contributed by atoms with Crippen LogP contribution < -0.4 is 10.9 Å². The van der Waals surface area contributed by atoms with Crippen LogP contribution in [0.2, 0.25) is 0 Å². The third kappa shape index (κ3) is 4.91. The number of aromatic amines is 1. The minimum Gasteiger partial charge on any atom is -0.352 e. The Bertz CT molecular complexity index is 1020. The molecule has 0 aliphatic rings. The van der Waals surface area contributed by atoms with Crippen molar-refractivity contribution in [1.82, 2.24) is 10.3 Å². The number of pyridine rings is 1. The summed E-state index contributed by atoms with van der Waals surface area (Å²) in [5.41, 5.74) is 2.86. The summed E-state index contributed by atoms with van der Waals surface area (Å²) in [5.74, 6) is -0.135. The van der Waals surface area contributed by atoms with Crippen molar-refractivity contribution < 1.29 is 9.59 Å². The Morgan fingerprint density at radius 1 is 1.00 bits per heavy atom. The summed E-state index contributed by atoms with van der Waals surface area (Å²) in [6, 6.07) is 16.7. The SMILES string of the molecule is Cc1ccc2[nH]c(=O)c(CNC(=O)CCCC(=O)c3ccccc3)cc2c1. The van der Waals surface area contributed by atoms with Crippen molar-refractivity contribution in [2.45, 2.75) is 32.7 Å². The molecule has 5 heteroatoms. The van der Waals surface area contributed by atoms with E-state index in [4.69, 9.17) is 0 Å². The van der Waals surface area contributed by atoms with Gasteiger partial charge in [0.2, 0.25) is 5.91 Å². The average Bonchev–Trinajstić information content (AvgIpc) is 2.67. The number of hydrogen-bond donors (Lipinski definition) is 2. The molecule has 1 amide bonds. The van der Waals surface area contributed by atoms with E-state index in [1.54, 1.807) is 18.2 Å². The van der Waals surface area contributed by atoms with Crippen LogP contribution in [0, 0.1) is 6.92 Å². The molecule has 0 aliphatic carbocycles. The van der Waals surface area contributed by atoms with Gasteiger partial charge in [0.1, 0.15) is 0 Å². The summed E-state index contributed by atoms with van der Waals surface area (Å²) in [6.45, 7) is 2.16. The minimum atomic E-state index is -0.203. The molecule has 0 atom stereocenters. The molecule has 3 aromatic rings. The Morgan fingerprint density at radius 2 is 1.78 bits per heavy atom. The minimum absolute atomic E-state index is 0.0322. The Kier molecular flexibility index (Phi) is 5.81. The Hall–Kier alpha value is -3.21. The normalized spacial score (nSPS) is 10.7. The first kappa shape index (κ1) is 18.6. The van der Waals surface area contributed by atoms with Crippen molar-refractivity contribution in [2.75, 3.05) is 0 Å². The molecular weight excluding hydrogens is 340 g/mol. The number of benzene rings is 2. The average molecular weight is 362 g/mol. The van der Waals surface area contributed by atoms with Gasteiger partial charge in [-0.3, -0.25) is 14.4 Å². The number of hydrogen-bond acceptors (Lipinski definition) is 3. The van der Waals surface area contributed by atoms with Gasteiger partial charge in [0.25, 0.3) is 5.56 Å². The van der Waals surface area contributed by atoms with Gasteiger partial charge >= 0.3 is 0 Å². The molecule has 0 bridgehead atoms. The molecule has 5 nitrogen and oxygen atoms in total. The zero-order chi connectivity index (χ0) is 19.2. The standard InChI is InChI=1S/C22H22N2O3/c1-15-10-11-19-17(12-15)13-18(22(27)24-19)14-23-21(26)9-5-8-20(25)16-6-3-2-4-7-16/h2-4,6-7,10-13H,5,8-9,14H2,1H3,(H,23,26)(H,24,27). The number of amides is 1. The zero-order valence-electron chi connectivity index (χ0n) is 15.2. The van der Waals surface area contributed by atoms with Crippen molar-refractivity contribution in [1.29, 1.82) is 0 Å². The third-order valence-electron chi connectivity index (χ3n) is 4.46. The lowest BCUT2D eigenvalue weighted by Crippen LogP contribution is -2.26. The first-order chi connectivity index (χ1) is 13.0. The van der Waals surface area contributed by atoms with Crippen LogP contribution in [-0.2, 0) is 11.3 Å². The molecule has 3 rings (SSSR count). The van der Waals surface area contributed by atoms with Crippen LogP contribution >= 0.6 is 0 Å². The van der Waals surface area contributed by atoms with Gasteiger partial charge in [0, 0.05) is 36.0 Å². The maximum Gasteiger partial charge on any atom is 0.253 e. The maximum atomic E-state index is 12.1. The molecule has 0 radical (unpaired) electrons. The fraction of sp³-hybridized carbons (Fsp3) is 0.227. The van der Waals surface area contributed by atoms with Crippen LogP contribution in [0.3, 0.4) is 0 Å². The molecule has 138 valence electrons. The number of carbonyl (C=O) groups is 2. The smallest absolute Gasteiger partial charge is 0.253 e. The highest BCUT2D eigenvalue weighted by molar-refractivity contribution is 5.96. The number of aryl methyl sites for hydroxylation is 1. The largest absolute Gasteiger partial charge is 0.352 e. The number of ketones is 1. The van der Waals surface area contributed by atoms with Crippen LogP contribution in [-0.4, -0.2) is 16.7 Å². The summed E-state index contributed by atoms with van der Waals surface area (Å²) < 4.78 is 0. The van der Waals surface area contributed by atoms with Crippen molar-refractivity contribution in [3.05, 3.63) is 81.6 Å². The first-order valence-corrected chi connectivity index (χ1v) is 9.00. The van der Waals surface area contributed by atoms with E-state index in [-0.39, 0.29) is 30.2 Å². The summed E-state index contributed by atoms with van der Waals surface area (Å²) in [6.07, 6.45) is 1.06. The predicted molar refractivity (Wildman–Crippen MR) is 106 cm³/mol. The van der Waals surface area contributed by atoms with Gasteiger partial charge < -0.3 is 10.3 Å². The summed E-state index contributed by atoms with van der Waals surface area (Å²) in [7, 11) is 0. The van der Waals surface area contributed by atoms with Gasteiger partial charge in [0.05, 0.1) is 0 Å². The van der Waals surface area contributed by atoms with Crippen LogP contribution in [0.25, 0.3) is 10.9 Å². The number of aromatic nitrogens is 1. The number of rotatable bonds is 7. The summed E-state index contributed by atoms with van der Waals surface area (Å²) >= 11 is 0. The number of fused-ring (bicyclic) bond motifs is 1. The van der Waals surface area contributed by atoms with Crippen molar-refractivity contribution >= 4 is 22.6 Å². The van der Waals surface area contributed by atoms with Crippen LogP contribution in [0.1, 0.15) is 40.7 Å². The second-order valence-corrected chi connectivity index (χ2v) is 6.63. The Morgan fingerprint density at radius 3 is 2.56 bits per heavy atom. The quantitative estimate of drug-likeness (QED) is 0.631. The lowest BCUT2D eigenvalue weighted by Gasteiger charge is -2.07. The second-order valence-electron chi connectivity index (χ2n) is 6.63. The third-order valence-corrected chi connectivity index (χ3v) is 4.46. The van der Waals surface area contributed by atoms with E-state index in [9.17, 15) is 14.4 Å². The molecule has 2 N–H and O–H groups in total. The van der Waals surface area contributed by atoms with Gasteiger partial charge in [0.15, 0.2) is 5.78 Å². The van der Waals surface area contributed by atoms with Crippen molar-refractivity contribution in [3.63, 3.8) is 0 Å². The summed E-state index contributed by atoms with van der Waals surface area (Å²) in [5, 5.41) is 3.70. The van der Waals surface area contributed by atoms with Crippen molar-refractivity contribution in [2.24, 2.45) is 0 Å². The van der Waals surface area contributed by atoms with E-state index < -0.39 is 0 Å². The molecule has 0 spiro atoms. The number of nitrogens with one attached hydrogen (secondary N) is 2. The molecule has 0 saturated carbocycles. The van der Waals surface area contributed by atoms with Gasteiger partial charge in [-0.2, -0.15) is 0 Å². The van der Waals surface area contributed by atoms with E-state index >= 15 is 0 Å². The molecule has 27 heavy (non-hydrogen) atoms. The predicted octanol–water partition coefficient (Wildman–Crippen LogP) is 3.51. The molecule has 0 aliphatic heterocycles. The number of H-pyrrole nitrogens is 1. The Labute approximate surface area is 157 Å². The van der Waals surface area contributed by atoms with E-state index in [0.717, 1.165) is 16.5 Å². The zero-order valence-corrected chi connectivity index (χ0v) is 15.2. The highest BCUT2D eigenvalue weighted by Gasteiger charge is 2.09. The molecular formula is C22H22N2O3. The number of Topliss-reactive ketones (excluding diaryl/α,β-unsaturated/α-hetero) is 1. The second kappa shape index (κ2) is 8.45. The topological polar surface area (TPSA) is 79.0 Å². The van der Waals surface area contributed by atoms with Crippen LogP contribution in [0.15, 0.2) is 59.4 Å². The van der Waals surface area contributed by atoms with Crippen LogP contribution in [0.5, 0.6) is 0 Å². The highest BCUT2D eigenvalue weighted by atomic mass is 16.2. The maximum absolute atomic E-state index is 12.1. The number of carbonyl (C=O) groups excluding carboxylic acids is 2. The van der Waals surface area contributed by atoms with E-state index in [2.05, 4.69) is 10.3 Å². The lowest BCUT2D eigenvalue weighted by atomic mass is 10.1. The molecule has 1 aromatic heterocycles. The molecule has 0 saturated heterocycles. The fourth-order valence-corrected chi connectivity index (χ4v) is 2.96. The first-order valence-electron chi connectivity index (χ1n) is 9.00. The van der Waals surface area contributed by atoms with Gasteiger partial charge in [-0.1, -0.05) is 42.0 Å². The monoisotopic (exact) mass is 362 g/mol. The lowest BCUT2D eigenvalue weighted by molar-refractivity contribution is -0.121.